The average Bonchev–Trinajstić information content (AvgIpc) is 2.35. The summed E-state index contributed by atoms with van der Waals surface area (Å²) >= 11 is 0. The van der Waals surface area contributed by atoms with E-state index in [1.54, 1.807) is 6.07 Å². The van der Waals surface area contributed by atoms with Crippen LogP contribution in [0.15, 0.2) is 18.2 Å². The molecule has 104 valence electrons. The quantitative estimate of drug-likeness (QED) is 0.632. The summed E-state index contributed by atoms with van der Waals surface area (Å²) in [4.78, 5) is 0. The zero-order valence-electron chi connectivity index (χ0n) is 11.6. The number of hydrogen-bond acceptors (Lipinski definition) is 2. The van der Waals surface area contributed by atoms with Crippen LogP contribution in [0.5, 0.6) is 0 Å². The maximum atomic E-state index is 13.4. The van der Waals surface area contributed by atoms with Crippen LogP contribution in [0.25, 0.3) is 0 Å². The summed E-state index contributed by atoms with van der Waals surface area (Å²) in [6, 6.07) is 4.59. The van der Waals surface area contributed by atoms with Crippen molar-refractivity contribution in [1.82, 2.24) is 0 Å². The summed E-state index contributed by atoms with van der Waals surface area (Å²) in [7, 11) is 0. The van der Waals surface area contributed by atoms with Crippen LogP contribution in [-0.2, 0) is 11.3 Å². The van der Waals surface area contributed by atoms with Gasteiger partial charge in [0.25, 0.3) is 0 Å². The van der Waals surface area contributed by atoms with E-state index in [1.165, 1.54) is 12.1 Å². The Morgan fingerprint density at radius 1 is 1.32 bits per heavy atom. The summed E-state index contributed by atoms with van der Waals surface area (Å²) in [6.45, 7) is 5.21. The van der Waals surface area contributed by atoms with Crippen LogP contribution in [-0.4, -0.2) is 18.3 Å². The Balaban J connectivity index is 2.47. The third-order valence-electron chi connectivity index (χ3n) is 2.61. The maximum absolute atomic E-state index is 13.4. The largest absolute Gasteiger partial charge is 0.384 e. The van der Waals surface area contributed by atoms with E-state index in [0.717, 1.165) is 18.4 Å². The van der Waals surface area contributed by atoms with Crippen LogP contribution in [0, 0.1) is 23.6 Å². The molecule has 0 fully saturated rings. The number of rotatable bonds is 6. The van der Waals surface area contributed by atoms with E-state index >= 15 is 0 Å². The van der Waals surface area contributed by atoms with E-state index in [0.29, 0.717) is 24.7 Å². The molecule has 0 saturated carbocycles. The van der Waals surface area contributed by atoms with E-state index in [-0.39, 0.29) is 12.4 Å². The van der Waals surface area contributed by atoms with E-state index in [9.17, 15) is 4.39 Å². The fraction of sp³-hybridized carbons (Fsp3) is 0.500. The molecule has 3 heteroatoms. The standard InChI is InChI=1S/C16H21FO2/c1-13(2)5-4-8-19-12-15-9-14(6-3-7-18)10-16(17)11-15/h9-11,13,18H,4-5,7-8,12H2,1-2H3. The van der Waals surface area contributed by atoms with E-state index < -0.39 is 0 Å². The van der Waals surface area contributed by atoms with Gasteiger partial charge >= 0.3 is 0 Å². The summed E-state index contributed by atoms with van der Waals surface area (Å²) in [5.74, 6) is 5.55. The van der Waals surface area contributed by atoms with Crippen LogP contribution in [0.4, 0.5) is 4.39 Å². The predicted octanol–water partition coefficient (Wildman–Crippen LogP) is 3.12. The SMILES string of the molecule is CC(C)CCCOCc1cc(F)cc(C#CCO)c1. The molecule has 0 aliphatic rings. The fourth-order valence-electron chi connectivity index (χ4n) is 1.73. The zero-order chi connectivity index (χ0) is 14.1. The molecule has 19 heavy (non-hydrogen) atoms. The van der Waals surface area contributed by atoms with Gasteiger partial charge in [-0.15, -0.1) is 0 Å². The number of ether oxygens (including phenoxy) is 1. The van der Waals surface area contributed by atoms with Crippen molar-refractivity contribution in [2.75, 3.05) is 13.2 Å². The Labute approximate surface area is 114 Å². The molecule has 0 aliphatic carbocycles. The summed E-state index contributed by atoms with van der Waals surface area (Å²) < 4.78 is 18.9. The van der Waals surface area contributed by atoms with Crippen molar-refractivity contribution in [2.45, 2.75) is 33.3 Å². The maximum Gasteiger partial charge on any atom is 0.124 e. The van der Waals surface area contributed by atoms with Gasteiger partial charge in [-0.05, 0) is 42.5 Å². The smallest absolute Gasteiger partial charge is 0.124 e. The van der Waals surface area contributed by atoms with Gasteiger partial charge in [0, 0.05) is 12.2 Å². The molecule has 0 aliphatic heterocycles. The third-order valence-corrected chi connectivity index (χ3v) is 2.61. The van der Waals surface area contributed by atoms with Gasteiger partial charge in [-0.2, -0.15) is 0 Å². The minimum Gasteiger partial charge on any atom is -0.384 e. The Kier molecular flexibility index (Phi) is 7.17. The highest BCUT2D eigenvalue weighted by Gasteiger charge is 2.00. The molecule has 0 radical (unpaired) electrons. The van der Waals surface area contributed by atoms with Gasteiger partial charge < -0.3 is 9.84 Å². The van der Waals surface area contributed by atoms with Crippen LogP contribution >= 0.6 is 0 Å². The molecule has 0 aromatic heterocycles. The number of aliphatic hydroxyl groups is 1. The monoisotopic (exact) mass is 264 g/mol. The second-order valence-corrected chi connectivity index (χ2v) is 4.90. The second kappa shape index (κ2) is 8.68. The molecular weight excluding hydrogens is 243 g/mol. The third kappa shape index (κ3) is 6.95. The minimum absolute atomic E-state index is 0.225. The number of aliphatic hydroxyl groups excluding tert-OH is 1. The van der Waals surface area contributed by atoms with Gasteiger partial charge in [0.05, 0.1) is 6.61 Å². The molecular formula is C16H21FO2. The van der Waals surface area contributed by atoms with Crippen molar-refractivity contribution in [3.05, 3.63) is 35.1 Å². The Bertz CT molecular complexity index is 444. The lowest BCUT2D eigenvalue weighted by atomic mass is 10.1. The highest BCUT2D eigenvalue weighted by Crippen LogP contribution is 2.10. The zero-order valence-corrected chi connectivity index (χ0v) is 11.6. The summed E-state index contributed by atoms with van der Waals surface area (Å²) in [6.07, 6.45) is 2.15. The van der Waals surface area contributed by atoms with Gasteiger partial charge in [-0.25, -0.2) is 4.39 Å². The summed E-state index contributed by atoms with van der Waals surface area (Å²) in [5, 5.41) is 8.62. The van der Waals surface area contributed by atoms with Crippen molar-refractivity contribution in [3.8, 4) is 11.8 Å². The lowest BCUT2D eigenvalue weighted by Crippen LogP contribution is -1.98. The minimum atomic E-state index is -0.328. The Hall–Kier alpha value is -1.37. The molecule has 0 atom stereocenters. The van der Waals surface area contributed by atoms with Gasteiger partial charge in [-0.3, -0.25) is 0 Å². The predicted molar refractivity (Wildman–Crippen MR) is 74.1 cm³/mol. The molecule has 1 N–H and O–H groups in total. The van der Waals surface area contributed by atoms with Gasteiger partial charge in [0.1, 0.15) is 12.4 Å². The number of halogens is 1. The van der Waals surface area contributed by atoms with Crippen LogP contribution < -0.4 is 0 Å². The molecule has 1 aromatic rings. The summed E-state index contributed by atoms with van der Waals surface area (Å²) in [5.41, 5.74) is 1.33. The van der Waals surface area contributed by atoms with Crippen molar-refractivity contribution in [1.29, 1.82) is 0 Å². The molecule has 0 amide bonds. The van der Waals surface area contributed by atoms with Crippen LogP contribution in [0.1, 0.15) is 37.8 Å². The highest BCUT2D eigenvalue weighted by atomic mass is 19.1. The normalized spacial score (nSPS) is 10.4. The van der Waals surface area contributed by atoms with Crippen molar-refractivity contribution < 1.29 is 14.2 Å². The van der Waals surface area contributed by atoms with E-state index in [2.05, 4.69) is 25.7 Å². The first-order valence-electron chi connectivity index (χ1n) is 6.58. The molecule has 0 unspecified atom stereocenters. The number of hydrogen-bond donors (Lipinski definition) is 1. The van der Waals surface area contributed by atoms with Crippen molar-refractivity contribution >= 4 is 0 Å². The van der Waals surface area contributed by atoms with Crippen molar-refractivity contribution in [3.63, 3.8) is 0 Å². The van der Waals surface area contributed by atoms with Crippen LogP contribution in [0.3, 0.4) is 0 Å². The Morgan fingerprint density at radius 3 is 2.79 bits per heavy atom. The highest BCUT2D eigenvalue weighted by molar-refractivity contribution is 5.37. The first-order valence-corrected chi connectivity index (χ1v) is 6.58. The fourth-order valence-corrected chi connectivity index (χ4v) is 1.73. The van der Waals surface area contributed by atoms with Crippen molar-refractivity contribution in [2.24, 2.45) is 5.92 Å². The van der Waals surface area contributed by atoms with E-state index in [4.69, 9.17) is 9.84 Å². The molecule has 1 rings (SSSR count). The molecule has 2 nitrogen and oxygen atoms in total. The van der Waals surface area contributed by atoms with Gasteiger partial charge in [0.2, 0.25) is 0 Å². The first kappa shape index (κ1) is 15.7. The molecule has 0 heterocycles. The van der Waals surface area contributed by atoms with Gasteiger partial charge in [-0.1, -0.05) is 25.7 Å². The molecule has 1 aromatic carbocycles. The topological polar surface area (TPSA) is 29.5 Å². The molecule has 0 saturated heterocycles. The lowest BCUT2D eigenvalue weighted by Gasteiger charge is -2.07. The second-order valence-electron chi connectivity index (χ2n) is 4.90. The number of benzene rings is 1. The Morgan fingerprint density at radius 2 is 2.11 bits per heavy atom. The van der Waals surface area contributed by atoms with E-state index in [1.807, 2.05) is 0 Å². The molecule has 0 bridgehead atoms. The van der Waals surface area contributed by atoms with Gasteiger partial charge in [0.15, 0.2) is 0 Å². The lowest BCUT2D eigenvalue weighted by molar-refractivity contribution is 0.114. The first-order chi connectivity index (χ1) is 9.11. The van der Waals surface area contributed by atoms with Crippen LogP contribution in [0.2, 0.25) is 0 Å². The average molecular weight is 264 g/mol. The molecule has 0 spiro atoms.